The van der Waals surface area contributed by atoms with E-state index in [4.69, 9.17) is 4.98 Å². The lowest BCUT2D eigenvalue weighted by atomic mass is 10.00. The lowest BCUT2D eigenvalue weighted by Gasteiger charge is -2.12. The number of aryl methyl sites for hydroxylation is 2. The molecule has 1 heterocycles. The van der Waals surface area contributed by atoms with Gasteiger partial charge in [-0.15, -0.1) is 0 Å². The van der Waals surface area contributed by atoms with E-state index in [-0.39, 0.29) is 5.91 Å². The summed E-state index contributed by atoms with van der Waals surface area (Å²) >= 11 is 0. The van der Waals surface area contributed by atoms with Crippen molar-refractivity contribution in [3.05, 3.63) is 40.6 Å². The van der Waals surface area contributed by atoms with E-state index in [1.807, 2.05) is 6.07 Å². The van der Waals surface area contributed by atoms with Crippen LogP contribution in [0.15, 0.2) is 18.2 Å². The van der Waals surface area contributed by atoms with Gasteiger partial charge < -0.3 is 10.6 Å². The maximum Gasteiger partial charge on any atom is 0.252 e. The Balaban J connectivity index is 1.97. The van der Waals surface area contributed by atoms with Crippen molar-refractivity contribution in [3.8, 4) is 0 Å². The number of amides is 1. The Bertz CT molecular complexity index is 735. The first kappa shape index (κ1) is 15.9. The van der Waals surface area contributed by atoms with Crippen LogP contribution in [0.2, 0.25) is 0 Å². The Kier molecular flexibility index (Phi) is 4.62. The summed E-state index contributed by atoms with van der Waals surface area (Å²) in [5, 5.41) is 7.21. The van der Waals surface area contributed by atoms with E-state index in [0.717, 1.165) is 46.4 Å². The fraction of sp³-hybridized carbons (Fsp3) is 0.474. The number of nitrogens with one attached hydrogen (secondary N) is 2. The molecule has 0 radical (unpaired) electrons. The fourth-order valence-corrected chi connectivity index (χ4v) is 3.01. The molecule has 4 nitrogen and oxygen atoms in total. The van der Waals surface area contributed by atoms with Crippen LogP contribution >= 0.6 is 0 Å². The molecule has 0 unspecified atom stereocenters. The molecule has 0 spiro atoms. The number of benzene rings is 1. The van der Waals surface area contributed by atoms with Crippen molar-refractivity contribution in [2.45, 2.75) is 39.5 Å². The molecule has 2 aromatic rings. The first-order chi connectivity index (χ1) is 11.1. The normalized spacial score (nSPS) is 14.2. The summed E-state index contributed by atoms with van der Waals surface area (Å²) in [6.45, 7) is 8.54. The molecule has 122 valence electrons. The van der Waals surface area contributed by atoms with Crippen molar-refractivity contribution >= 4 is 16.8 Å². The Morgan fingerprint density at radius 1 is 1.22 bits per heavy atom. The second-order valence-electron chi connectivity index (χ2n) is 6.46. The standard InChI is InChI=1S/C19H25N3O/c1-4-20-7-8-21-19(23)16-11-17(14-5-6-14)22-18-13(3)9-12(2)10-15(16)18/h9-11,14,20H,4-8H2,1-3H3,(H,21,23). The van der Waals surface area contributed by atoms with Gasteiger partial charge in [-0.05, 0) is 50.9 Å². The molecule has 4 heteroatoms. The van der Waals surface area contributed by atoms with Crippen LogP contribution in [0.4, 0.5) is 0 Å². The van der Waals surface area contributed by atoms with Crippen LogP contribution in [0, 0.1) is 13.8 Å². The third kappa shape index (κ3) is 3.53. The van der Waals surface area contributed by atoms with Crippen LogP contribution in [-0.4, -0.2) is 30.5 Å². The molecule has 1 fully saturated rings. The predicted octanol–water partition coefficient (Wildman–Crippen LogP) is 3.07. The smallest absolute Gasteiger partial charge is 0.252 e. The Labute approximate surface area is 137 Å². The highest BCUT2D eigenvalue weighted by molar-refractivity contribution is 6.07. The average molecular weight is 311 g/mol. The molecule has 23 heavy (non-hydrogen) atoms. The van der Waals surface area contributed by atoms with Gasteiger partial charge in [-0.25, -0.2) is 0 Å². The summed E-state index contributed by atoms with van der Waals surface area (Å²) in [5.74, 6) is 0.538. The van der Waals surface area contributed by atoms with Gasteiger partial charge in [0.1, 0.15) is 0 Å². The predicted molar refractivity (Wildman–Crippen MR) is 94.1 cm³/mol. The van der Waals surface area contributed by atoms with Gasteiger partial charge in [0.05, 0.1) is 11.1 Å². The van der Waals surface area contributed by atoms with E-state index in [0.29, 0.717) is 12.5 Å². The minimum absolute atomic E-state index is 0.00204. The monoisotopic (exact) mass is 311 g/mol. The van der Waals surface area contributed by atoms with Gasteiger partial charge in [-0.1, -0.05) is 18.6 Å². The maximum atomic E-state index is 12.7. The van der Waals surface area contributed by atoms with E-state index in [1.54, 1.807) is 0 Å². The number of hydrogen-bond donors (Lipinski definition) is 2. The van der Waals surface area contributed by atoms with Gasteiger partial charge >= 0.3 is 0 Å². The highest BCUT2D eigenvalue weighted by Crippen LogP contribution is 2.40. The quantitative estimate of drug-likeness (QED) is 0.806. The van der Waals surface area contributed by atoms with Crippen LogP contribution in [-0.2, 0) is 0 Å². The second-order valence-corrected chi connectivity index (χ2v) is 6.46. The molecular formula is C19H25N3O. The molecule has 1 aromatic heterocycles. The number of pyridine rings is 1. The summed E-state index contributed by atoms with van der Waals surface area (Å²) in [6, 6.07) is 6.21. The van der Waals surface area contributed by atoms with Gasteiger partial charge in [-0.2, -0.15) is 0 Å². The van der Waals surface area contributed by atoms with Crippen molar-refractivity contribution < 1.29 is 4.79 Å². The zero-order valence-electron chi connectivity index (χ0n) is 14.2. The molecule has 1 aliphatic rings. The van der Waals surface area contributed by atoms with Gasteiger partial charge in [-0.3, -0.25) is 9.78 Å². The zero-order valence-corrected chi connectivity index (χ0v) is 14.2. The van der Waals surface area contributed by atoms with E-state index < -0.39 is 0 Å². The lowest BCUT2D eigenvalue weighted by Crippen LogP contribution is -2.32. The van der Waals surface area contributed by atoms with Crippen LogP contribution < -0.4 is 10.6 Å². The fourth-order valence-electron chi connectivity index (χ4n) is 3.01. The number of carbonyl (C=O) groups is 1. The van der Waals surface area contributed by atoms with Crippen molar-refractivity contribution in [1.29, 1.82) is 0 Å². The van der Waals surface area contributed by atoms with Crippen molar-refractivity contribution in [1.82, 2.24) is 15.6 Å². The number of aromatic nitrogens is 1. The topological polar surface area (TPSA) is 54.0 Å². The maximum absolute atomic E-state index is 12.7. The van der Waals surface area contributed by atoms with E-state index in [1.165, 1.54) is 12.8 Å². The minimum Gasteiger partial charge on any atom is -0.351 e. The summed E-state index contributed by atoms with van der Waals surface area (Å²) < 4.78 is 0. The molecule has 0 atom stereocenters. The van der Waals surface area contributed by atoms with Crippen molar-refractivity contribution in [3.63, 3.8) is 0 Å². The number of rotatable bonds is 6. The molecule has 0 bridgehead atoms. The number of fused-ring (bicyclic) bond motifs is 1. The molecule has 0 saturated heterocycles. The van der Waals surface area contributed by atoms with Crippen LogP contribution in [0.5, 0.6) is 0 Å². The number of hydrogen-bond acceptors (Lipinski definition) is 3. The largest absolute Gasteiger partial charge is 0.351 e. The van der Waals surface area contributed by atoms with Crippen LogP contribution in [0.1, 0.15) is 52.9 Å². The number of likely N-dealkylation sites (N-methyl/N-ethyl adjacent to an activating group) is 1. The van der Waals surface area contributed by atoms with Gasteiger partial charge in [0.25, 0.3) is 5.91 Å². The third-order valence-corrected chi connectivity index (χ3v) is 4.35. The molecule has 1 amide bonds. The summed E-state index contributed by atoms with van der Waals surface area (Å²) in [6.07, 6.45) is 2.37. The number of nitrogens with zero attached hydrogens (tertiary/aromatic N) is 1. The van der Waals surface area contributed by atoms with E-state index >= 15 is 0 Å². The Morgan fingerprint density at radius 3 is 2.70 bits per heavy atom. The molecule has 1 aliphatic carbocycles. The molecule has 0 aliphatic heterocycles. The molecule has 1 aromatic carbocycles. The van der Waals surface area contributed by atoms with Gasteiger partial charge in [0.2, 0.25) is 0 Å². The van der Waals surface area contributed by atoms with Crippen molar-refractivity contribution in [2.75, 3.05) is 19.6 Å². The summed E-state index contributed by atoms with van der Waals surface area (Å²) in [7, 11) is 0. The van der Waals surface area contributed by atoms with Crippen LogP contribution in [0.25, 0.3) is 10.9 Å². The highest BCUT2D eigenvalue weighted by Gasteiger charge is 2.27. The SMILES string of the molecule is CCNCCNC(=O)c1cc(C2CC2)nc2c(C)cc(C)cc12. The van der Waals surface area contributed by atoms with Crippen molar-refractivity contribution in [2.24, 2.45) is 0 Å². The molecule has 2 N–H and O–H groups in total. The minimum atomic E-state index is 0.00204. The third-order valence-electron chi connectivity index (χ3n) is 4.35. The Morgan fingerprint density at radius 2 is 2.00 bits per heavy atom. The van der Waals surface area contributed by atoms with Gasteiger partial charge in [0, 0.05) is 30.1 Å². The van der Waals surface area contributed by atoms with Crippen LogP contribution in [0.3, 0.4) is 0 Å². The summed E-state index contributed by atoms with van der Waals surface area (Å²) in [4.78, 5) is 17.5. The summed E-state index contributed by atoms with van der Waals surface area (Å²) in [5.41, 5.74) is 5.11. The van der Waals surface area contributed by atoms with E-state index in [9.17, 15) is 4.79 Å². The van der Waals surface area contributed by atoms with Gasteiger partial charge in [0.15, 0.2) is 0 Å². The first-order valence-electron chi connectivity index (χ1n) is 8.51. The lowest BCUT2D eigenvalue weighted by molar-refractivity contribution is 0.0955. The molecular weight excluding hydrogens is 286 g/mol. The highest BCUT2D eigenvalue weighted by atomic mass is 16.1. The molecule has 3 rings (SSSR count). The zero-order chi connectivity index (χ0) is 16.4. The number of carbonyl (C=O) groups excluding carboxylic acids is 1. The molecule has 1 saturated carbocycles. The first-order valence-corrected chi connectivity index (χ1v) is 8.51. The second kappa shape index (κ2) is 6.67. The van der Waals surface area contributed by atoms with E-state index in [2.05, 4.69) is 43.5 Å². The average Bonchev–Trinajstić information content (AvgIpc) is 3.35. The Hall–Kier alpha value is -1.94.